The predicted molar refractivity (Wildman–Crippen MR) is 103 cm³/mol. The maximum Gasteiger partial charge on any atom is 0.303 e. The maximum atomic E-state index is 13.1. The second kappa shape index (κ2) is 7.44. The molecule has 0 bridgehead atoms. The van der Waals surface area contributed by atoms with Crippen LogP contribution in [0.25, 0.3) is 10.9 Å². The Labute approximate surface area is 158 Å². The van der Waals surface area contributed by atoms with E-state index in [4.69, 9.17) is 9.84 Å². The third kappa shape index (κ3) is 3.83. The molecule has 0 aliphatic heterocycles. The smallest absolute Gasteiger partial charge is 0.303 e. The van der Waals surface area contributed by atoms with Crippen molar-refractivity contribution in [2.75, 3.05) is 6.61 Å². The molecule has 0 atom stereocenters. The molecule has 27 heavy (non-hydrogen) atoms. The molecule has 0 aliphatic rings. The Hall–Kier alpha value is -2.80. The lowest BCUT2D eigenvalue weighted by molar-refractivity contribution is -0.136. The minimum Gasteiger partial charge on any atom is -0.494 e. The lowest BCUT2D eigenvalue weighted by Gasteiger charge is -2.08. The fourth-order valence-electron chi connectivity index (χ4n) is 2.97. The number of aliphatic carboxylic acids is 1. The predicted octanol–water partition coefficient (Wildman–Crippen LogP) is 3.60. The van der Waals surface area contributed by atoms with Gasteiger partial charge in [-0.05, 0) is 56.2 Å². The molecule has 0 saturated carbocycles. The van der Waals surface area contributed by atoms with Crippen molar-refractivity contribution in [3.05, 3.63) is 59.8 Å². The zero-order chi connectivity index (χ0) is 19.6. The molecule has 142 valence electrons. The summed E-state index contributed by atoms with van der Waals surface area (Å²) in [5.41, 5.74) is 2.12. The summed E-state index contributed by atoms with van der Waals surface area (Å²) in [4.78, 5) is 11.2. The standard InChI is InChI=1S/C20H21NO5S/c1-3-26-16-7-10-19-18(12-16)15(6-11-20(22)23)13-21(19)27(24,25)17-8-4-14(2)5-9-17/h4-5,7-10,12-13H,3,6,11H2,1-2H3,(H,22,23). The molecular formula is C20H21NO5S. The molecule has 0 saturated heterocycles. The van der Waals surface area contributed by atoms with Crippen LogP contribution in [-0.4, -0.2) is 30.1 Å². The third-order valence-electron chi connectivity index (χ3n) is 4.32. The fraction of sp³-hybridized carbons (Fsp3) is 0.250. The molecule has 0 unspecified atom stereocenters. The number of fused-ring (bicyclic) bond motifs is 1. The van der Waals surface area contributed by atoms with Gasteiger partial charge in [-0.3, -0.25) is 4.79 Å². The van der Waals surface area contributed by atoms with Crippen LogP contribution >= 0.6 is 0 Å². The van der Waals surface area contributed by atoms with E-state index in [9.17, 15) is 13.2 Å². The molecule has 0 radical (unpaired) electrons. The van der Waals surface area contributed by atoms with Crippen molar-refractivity contribution in [1.82, 2.24) is 3.97 Å². The Kier molecular flexibility index (Phi) is 5.23. The number of carbonyl (C=O) groups is 1. The average Bonchev–Trinajstić information content (AvgIpc) is 2.99. The summed E-state index contributed by atoms with van der Waals surface area (Å²) in [5.74, 6) is -0.315. The first-order valence-electron chi connectivity index (χ1n) is 8.63. The lowest BCUT2D eigenvalue weighted by atomic mass is 10.1. The van der Waals surface area contributed by atoms with E-state index in [1.807, 2.05) is 13.8 Å². The van der Waals surface area contributed by atoms with Gasteiger partial charge >= 0.3 is 5.97 Å². The number of aryl methyl sites for hydroxylation is 2. The van der Waals surface area contributed by atoms with Crippen LogP contribution in [0.1, 0.15) is 24.5 Å². The molecule has 0 amide bonds. The topological polar surface area (TPSA) is 85.6 Å². The summed E-state index contributed by atoms with van der Waals surface area (Å²) >= 11 is 0. The zero-order valence-corrected chi connectivity index (χ0v) is 16.0. The first-order chi connectivity index (χ1) is 12.8. The van der Waals surface area contributed by atoms with E-state index in [1.165, 1.54) is 10.2 Å². The van der Waals surface area contributed by atoms with Gasteiger partial charge in [0, 0.05) is 18.0 Å². The molecule has 6 nitrogen and oxygen atoms in total. The van der Waals surface area contributed by atoms with Gasteiger partial charge in [0.1, 0.15) is 5.75 Å². The molecule has 1 N–H and O–H groups in total. The number of benzene rings is 2. The summed E-state index contributed by atoms with van der Waals surface area (Å²) in [5, 5.41) is 9.69. The van der Waals surface area contributed by atoms with E-state index in [2.05, 4.69) is 0 Å². The van der Waals surface area contributed by atoms with Crippen LogP contribution < -0.4 is 4.74 Å². The van der Waals surface area contributed by atoms with E-state index < -0.39 is 16.0 Å². The van der Waals surface area contributed by atoms with Crippen LogP contribution in [0.2, 0.25) is 0 Å². The SMILES string of the molecule is CCOc1ccc2c(c1)c(CCC(=O)O)cn2S(=O)(=O)c1ccc(C)cc1. The fourth-order valence-corrected chi connectivity index (χ4v) is 4.36. The van der Waals surface area contributed by atoms with Crippen molar-refractivity contribution >= 4 is 26.9 Å². The monoisotopic (exact) mass is 387 g/mol. The quantitative estimate of drug-likeness (QED) is 0.669. The molecule has 7 heteroatoms. The highest BCUT2D eigenvalue weighted by molar-refractivity contribution is 7.90. The van der Waals surface area contributed by atoms with Gasteiger partial charge < -0.3 is 9.84 Å². The van der Waals surface area contributed by atoms with E-state index in [0.29, 0.717) is 28.8 Å². The van der Waals surface area contributed by atoms with Gasteiger partial charge in [-0.15, -0.1) is 0 Å². The normalized spacial score (nSPS) is 11.6. The van der Waals surface area contributed by atoms with Gasteiger partial charge in [0.15, 0.2) is 0 Å². The molecular weight excluding hydrogens is 366 g/mol. The Morgan fingerprint density at radius 2 is 1.85 bits per heavy atom. The van der Waals surface area contributed by atoms with Crippen molar-refractivity contribution in [2.24, 2.45) is 0 Å². The van der Waals surface area contributed by atoms with E-state index in [1.54, 1.807) is 42.5 Å². The van der Waals surface area contributed by atoms with E-state index in [-0.39, 0.29) is 17.7 Å². The summed E-state index contributed by atoms with van der Waals surface area (Å²) < 4.78 is 33.0. The first kappa shape index (κ1) is 19.0. The van der Waals surface area contributed by atoms with Crippen LogP contribution in [0.5, 0.6) is 5.75 Å². The molecule has 0 aliphatic carbocycles. The van der Waals surface area contributed by atoms with Crippen molar-refractivity contribution in [2.45, 2.75) is 31.6 Å². The van der Waals surface area contributed by atoms with Crippen LogP contribution in [0, 0.1) is 6.92 Å². The Bertz CT molecular complexity index is 1080. The van der Waals surface area contributed by atoms with Gasteiger partial charge in [-0.1, -0.05) is 17.7 Å². The van der Waals surface area contributed by atoms with Crippen molar-refractivity contribution < 1.29 is 23.1 Å². The summed E-state index contributed by atoms with van der Waals surface area (Å²) in [7, 11) is -3.80. The molecule has 3 aromatic rings. The van der Waals surface area contributed by atoms with Crippen LogP contribution in [0.15, 0.2) is 53.6 Å². The minimum atomic E-state index is -3.80. The number of rotatable bonds is 7. The number of carboxylic acids is 1. The molecule has 3 rings (SSSR count). The van der Waals surface area contributed by atoms with Crippen LogP contribution in [0.3, 0.4) is 0 Å². The Morgan fingerprint density at radius 3 is 2.48 bits per heavy atom. The number of nitrogens with zero attached hydrogens (tertiary/aromatic N) is 1. The third-order valence-corrected chi connectivity index (χ3v) is 6.01. The first-order valence-corrected chi connectivity index (χ1v) is 10.1. The number of hydrogen-bond donors (Lipinski definition) is 1. The maximum absolute atomic E-state index is 13.1. The lowest BCUT2D eigenvalue weighted by Crippen LogP contribution is -2.11. The second-order valence-electron chi connectivity index (χ2n) is 6.27. The summed E-state index contributed by atoms with van der Waals surface area (Å²) in [6.45, 7) is 4.24. The Morgan fingerprint density at radius 1 is 1.15 bits per heavy atom. The number of hydrogen-bond acceptors (Lipinski definition) is 4. The summed E-state index contributed by atoms with van der Waals surface area (Å²) in [6.07, 6.45) is 1.67. The highest BCUT2D eigenvalue weighted by Gasteiger charge is 2.22. The van der Waals surface area contributed by atoms with Crippen LogP contribution in [-0.2, 0) is 21.2 Å². The minimum absolute atomic E-state index is 0.0808. The Balaban J connectivity index is 2.17. The van der Waals surface area contributed by atoms with Crippen molar-refractivity contribution in [3.8, 4) is 5.75 Å². The molecule has 1 heterocycles. The van der Waals surface area contributed by atoms with Gasteiger partial charge in [0.05, 0.1) is 17.0 Å². The average molecular weight is 387 g/mol. The highest BCUT2D eigenvalue weighted by atomic mass is 32.2. The van der Waals surface area contributed by atoms with Gasteiger partial charge in [0.2, 0.25) is 0 Å². The highest BCUT2D eigenvalue weighted by Crippen LogP contribution is 2.30. The van der Waals surface area contributed by atoms with Gasteiger partial charge in [0.25, 0.3) is 10.0 Å². The molecule has 0 fully saturated rings. The number of ether oxygens (including phenoxy) is 1. The summed E-state index contributed by atoms with van der Waals surface area (Å²) in [6, 6.07) is 11.8. The van der Waals surface area contributed by atoms with Crippen LogP contribution in [0.4, 0.5) is 0 Å². The largest absolute Gasteiger partial charge is 0.494 e. The molecule has 2 aromatic carbocycles. The number of carboxylic acid groups (broad SMARTS) is 1. The molecule has 1 aromatic heterocycles. The number of aromatic nitrogens is 1. The van der Waals surface area contributed by atoms with Gasteiger partial charge in [-0.25, -0.2) is 12.4 Å². The second-order valence-corrected chi connectivity index (χ2v) is 8.09. The van der Waals surface area contributed by atoms with Crippen molar-refractivity contribution in [3.63, 3.8) is 0 Å². The van der Waals surface area contributed by atoms with Gasteiger partial charge in [-0.2, -0.15) is 0 Å². The van der Waals surface area contributed by atoms with Crippen molar-refractivity contribution in [1.29, 1.82) is 0 Å². The van der Waals surface area contributed by atoms with E-state index >= 15 is 0 Å². The van der Waals surface area contributed by atoms with E-state index in [0.717, 1.165) is 5.56 Å². The molecule has 0 spiro atoms. The zero-order valence-electron chi connectivity index (χ0n) is 15.2.